The van der Waals surface area contributed by atoms with Crippen molar-refractivity contribution in [2.24, 2.45) is 0 Å². The molecule has 136 valence electrons. The molecule has 0 aliphatic rings. The lowest BCUT2D eigenvalue weighted by Crippen LogP contribution is -2.04. The van der Waals surface area contributed by atoms with Gasteiger partial charge >= 0.3 is 0 Å². The van der Waals surface area contributed by atoms with Gasteiger partial charge in [-0.15, -0.1) is 5.10 Å². The number of hydrogen-bond acceptors (Lipinski definition) is 8. The summed E-state index contributed by atoms with van der Waals surface area (Å²) in [6.45, 7) is 0. The minimum atomic E-state index is 0.239. The fourth-order valence-corrected chi connectivity index (χ4v) is 2.55. The Morgan fingerprint density at radius 2 is 1.81 bits per heavy atom. The average molecular weight is 383 g/mol. The highest BCUT2D eigenvalue weighted by atomic mass is 35.5. The van der Waals surface area contributed by atoms with Crippen LogP contribution in [0.25, 0.3) is 0 Å². The first-order valence-corrected chi connectivity index (χ1v) is 8.17. The van der Waals surface area contributed by atoms with Crippen LogP contribution in [0, 0.1) is 11.3 Å². The summed E-state index contributed by atoms with van der Waals surface area (Å²) in [6.07, 6.45) is 1.46. The lowest BCUT2D eigenvalue weighted by Gasteiger charge is -2.13. The molecule has 0 bridgehead atoms. The van der Waals surface area contributed by atoms with Gasteiger partial charge in [-0.25, -0.2) is 0 Å². The summed E-state index contributed by atoms with van der Waals surface area (Å²) in [5.74, 6) is 1.67. The van der Waals surface area contributed by atoms with Gasteiger partial charge in [0, 0.05) is 12.1 Å². The number of halogens is 1. The van der Waals surface area contributed by atoms with E-state index in [-0.39, 0.29) is 5.95 Å². The number of nitriles is 1. The second kappa shape index (κ2) is 8.21. The van der Waals surface area contributed by atoms with Crippen molar-refractivity contribution < 1.29 is 9.47 Å². The molecular weight excluding hydrogens is 368 g/mol. The quantitative estimate of drug-likeness (QED) is 0.661. The van der Waals surface area contributed by atoms with Gasteiger partial charge in [0.05, 0.1) is 42.4 Å². The van der Waals surface area contributed by atoms with Crippen LogP contribution >= 0.6 is 11.6 Å². The maximum absolute atomic E-state index is 9.18. The molecule has 27 heavy (non-hydrogen) atoms. The fraction of sp³-hybridized carbons (Fsp3) is 0.111. The monoisotopic (exact) mass is 382 g/mol. The normalized spacial score (nSPS) is 10.0. The molecule has 0 saturated heterocycles. The molecular formula is C18H15ClN6O2. The number of aromatic nitrogens is 3. The van der Waals surface area contributed by atoms with Gasteiger partial charge in [-0.3, -0.25) is 0 Å². The van der Waals surface area contributed by atoms with Gasteiger partial charge in [0.1, 0.15) is 17.6 Å². The highest BCUT2D eigenvalue weighted by Gasteiger charge is 2.12. The summed E-state index contributed by atoms with van der Waals surface area (Å²) in [7, 11) is 3.06. The minimum Gasteiger partial charge on any atom is -0.495 e. The highest BCUT2D eigenvalue weighted by Crippen LogP contribution is 2.37. The zero-order valence-corrected chi connectivity index (χ0v) is 15.3. The van der Waals surface area contributed by atoms with Crippen LogP contribution < -0.4 is 20.1 Å². The number of hydrogen-bond donors (Lipinski definition) is 2. The molecule has 0 spiro atoms. The van der Waals surface area contributed by atoms with E-state index in [0.717, 1.165) is 0 Å². The smallest absolute Gasteiger partial charge is 0.249 e. The van der Waals surface area contributed by atoms with Gasteiger partial charge in [0.15, 0.2) is 5.82 Å². The molecule has 0 atom stereocenters. The third kappa shape index (κ3) is 4.16. The molecule has 0 aliphatic heterocycles. The van der Waals surface area contributed by atoms with Crippen LogP contribution in [0.1, 0.15) is 5.56 Å². The topological polar surface area (TPSA) is 105 Å². The van der Waals surface area contributed by atoms with Crippen molar-refractivity contribution in [3.63, 3.8) is 0 Å². The Bertz CT molecular complexity index is 1010. The van der Waals surface area contributed by atoms with Gasteiger partial charge in [-0.1, -0.05) is 23.7 Å². The van der Waals surface area contributed by atoms with Crippen LogP contribution in [0.15, 0.2) is 42.6 Å². The summed E-state index contributed by atoms with van der Waals surface area (Å²) in [6, 6.07) is 12.5. The maximum Gasteiger partial charge on any atom is 0.249 e. The molecule has 2 N–H and O–H groups in total. The van der Waals surface area contributed by atoms with Crippen LogP contribution in [0.4, 0.5) is 23.1 Å². The Morgan fingerprint density at radius 3 is 2.56 bits per heavy atom. The van der Waals surface area contributed by atoms with E-state index < -0.39 is 0 Å². The van der Waals surface area contributed by atoms with E-state index in [2.05, 4.69) is 31.9 Å². The number of nitrogens with zero attached hydrogens (tertiary/aromatic N) is 4. The molecule has 0 radical (unpaired) electrons. The second-order valence-corrected chi connectivity index (χ2v) is 5.67. The fourth-order valence-electron chi connectivity index (χ4n) is 2.32. The Kier molecular flexibility index (Phi) is 5.54. The van der Waals surface area contributed by atoms with E-state index in [1.807, 2.05) is 6.07 Å². The van der Waals surface area contributed by atoms with Crippen molar-refractivity contribution in [1.82, 2.24) is 15.2 Å². The molecule has 0 saturated carbocycles. The summed E-state index contributed by atoms with van der Waals surface area (Å²) >= 11 is 6.12. The number of benzene rings is 2. The number of methoxy groups -OCH3 is 2. The first-order chi connectivity index (χ1) is 13.1. The number of ether oxygens (including phenoxy) is 2. The first kappa shape index (κ1) is 18.2. The van der Waals surface area contributed by atoms with Crippen LogP contribution in [0.3, 0.4) is 0 Å². The summed E-state index contributed by atoms with van der Waals surface area (Å²) in [4.78, 5) is 4.36. The third-order valence-electron chi connectivity index (χ3n) is 3.59. The van der Waals surface area contributed by atoms with E-state index >= 15 is 0 Å². The summed E-state index contributed by atoms with van der Waals surface area (Å²) in [5, 5.41) is 23.6. The van der Waals surface area contributed by atoms with Crippen LogP contribution in [0.2, 0.25) is 5.02 Å². The molecule has 0 unspecified atom stereocenters. The Hall–Kier alpha value is -3.57. The van der Waals surface area contributed by atoms with Crippen molar-refractivity contribution in [3.05, 3.63) is 53.2 Å². The zero-order valence-electron chi connectivity index (χ0n) is 14.5. The minimum absolute atomic E-state index is 0.239. The molecule has 9 heteroatoms. The van der Waals surface area contributed by atoms with Crippen LogP contribution in [0.5, 0.6) is 11.5 Å². The van der Waals surface area contributed by atoms with E-state index in [1.54, 1.807) is 30.3 Å². The molecule has 0 fully saturated rings. The third-order valence-corrected chi connectivity index (χ3v) is 3.88. The predicted molar refractivity (Wildman–Crippen MR) is 102 cm³/mol. The molecule has 1 aromatic heterocycles. The number of rotatable bonds is 6. The van der Waals surface area contributed by atoms with E-state index in [4.69, 9.17) is 21.1 Å². The molecule has 3 rings (SSSR count). The van der Waals surface area contributed by atoms with E-state index in [1.165, 1.54) is 20.4 Å². The molecule has 3 aromatic rings. The molecule has 0 amide bonds. The Morgan fingerprint density at radius 1 is 1.04 bits per heavy atom. The van der Waals surface area contributed by atoms with Gasteiger partial charge in [0.25, 0.3) is 0 Å². The lowest BCUT2D eigenvalue weighted by atomic mass is 10.2. The van der Waals surface area contributed by atoms with Gasteiger partial charge in [0.2, 0.25) is 5.95 Å². The maximum atomic E-state index is 9.18. The highest BCUT2D eigenvalue weighted by molar-refractivity contribution is 6.32. The standard InChI is InChI=1S/C18H15ClN6O2/c1-26-15-8-14(16(27-2)7-12(15)19)22-17-10-21-25-18(24-17)23-13-6-4-3-5-11(13)9-20/h3-8,10H,1-2H3,(H2,22,23,24,25). The van der Waals surface area contributed by atoms with Crippen molar-refractivity contribution in [1.29, 1.82) is 5.26 Å². The molecule has 1 heterocycles. The molecule has 2 aromatic carbocycles. The van der Waals surface area contributed by atoms with Crippen LogP contribution in [-0.2, 0) is 0 Å². The van der Waals surface area contributed by atoms with E-state index in [9.17, 15) is 5.26 Å². The zero-order chi connectivity index (χ0) is 19.2. The summed E-state index contributed by atoms with van der Waals surface area (Å²) < 4.78 is 10.6. The average Bonchev–Trinajstić information content (AvgIpc) is 2.69. The van der Waals surface area contributed by atoms with Gasteiger partial charge in [-0.05, 0) is 12.1 Å². The Balaban J connectivity index is 1.88. The predicted octanol–water partition coefficient (Wildman–Crippen LogP) is 3.90. The largest absolute Gasteiger partial charge is 0.495 e. The number of anilines is 4. The van der Waals surface area contributed by atoms with Crippen molar-refractivity contribution in [3.8, 4) is 17.6 Å². The molecule has 8 nitrogen and oxygen atoms in total. The van der Waals surface area contributed by atoms with Crippen molar-refractivity contribution in [2.75, 3.05) is 24.9 Å². The summed E-state index contributed by atoms with van der Waals surface area (Å²) in [5.41, 5.74) is 1.66. The number of para-hydroxylation sites is 1. The SMILES string of the molecule is COc1cc(Nc2cnnc(Nc3ccccc3C#N)n2)c(OC)cc1Cl. The van der Waals surface area contributed by atoms with E-state index in [0.29, 0.717) is 39.3 Å². The van der Waals surface area contributed by atoms with Gasteiger partial charge in [-0.2, -0.15) is 15.3 Å². The molecule has 0 aliphatic carbocycles. The number of nitrogens with one attached hydrogen (secondary N) is 2. The lowest BCUT2D eigenvalue weighted by molar-refractivity contribution is 0.405. The Labute approximate surface area is 160 Å². The van der Waals surface area contributed by atoms with Gasteiger partial charge < -0.3 is 20.1 Å². The first-order valence-electron chi connectivity index (χ1n) is 7.79. The second-order valence-electron chi connectivity index (χ2n) is 5.26. The van der Waals surface area contributed by atoms with Crippen molar-refractivity contribution in [2.45, 2.75) is 0 Å². The van der Waals surface area contributed by atoms with Crippen molar-refractivity contribution >= 4 is 34.7 Å². The van der Waals surface area contributed by atoms with Crippen LogP contribution in [-0.4, -0.2) is 29.4 Å².